The van der Waals surface area contributed by atoms with Crippen LogP contribution in [0.5, 0.6) is 0 Å². The second-order valence-corrected chi connectivity index (χ2v) is 11.7. The smallest absolute Gasteiger partial charge is 0.312 e. The molecule has 3 heterocycles. The van der Waals surface area contributed by atoms with Crippen LogP contribution in [0.3, 0.4) is 0 Å². The predicted molar refractivity (Wildman–Crippen MR) is 148 cm³/mol. The van der Waals surface area contributed by atoms with Crippen LogP contribution in [0, 0.1) is 25.7 Å². The molecule has 2 bridgehead atoms. The first-order valence-corrected chi connectivity index (χ1v) is 14.1. The van der Waals surface area contributed by atoms with Gasteiger partial charge in [0.15, 0.2) is 0 Å². The summed E-state index contributed by atoms with van der Waals surface area (Å²) in [5.41, 5.74) is 1.35. The number of nitrogens with zero attached hydrogens (tertiary/aromatic N) is 2. The van der Waals surface area contributed by atoms with Crippen LogP contribution in [0.1, 0.15) is 37.3 Å². The SMILES string of the molecule is C=CCCCOC(=O)[C@H]1[C@H]2C(=O)N([C@H](C)CO)C(C(=O)N(CC=C)c3c(C)cccc3C)C23CC(Br)[C@@H]1O3. The minimum absolute atomic E-state index is 0.216. The standard InChI is InChI=1S/C29H37BrN2O6/c1-6-8-9-14-37-28(36)21-22-26(34)32(19(5)16-33)25(29(22)15-20(30)24(21)38-29)27(35)31(13-7-2)23-17(3)11-10-12-18(23)4/h6-7,10-12,19-22,24-25,33H,1-2,8-9,13-16H2,3-5H3/t19-,20?,21+,22+,24+,25?,29?/m1/s1. The van der Waals surface area contributed by atoms with Crippen molar-refractivity contribution in [3.63, 3.8) is 0 Å². The lowest BCUT2D eigenvalue weighted by Crippen LogP contribution is -2.59. The van der Waals surface area contributed by atoms with E-state index in [0.29, 0.717) is 19.3 Å². The molecule has 1 N–H and O–H groups in total. The Balaban J connectivity index is 1.78. The van der Waals surface area contributed by atoms with E-state index in [1.165, 1.54) is 4.90 Å². The summed E-state index contributed by atoms with van der Waals surface area (Å²) in [6.45, 7) is 13.2. The number of carbonyl (C=O) groups is 3. The van der Waals surface area contributed by atoms with Crippen LogP contribution in [0.15, 0.2) is 43.5 Å². The molecule has 1 aromatic carbocycles. The molecule has 3 saturated heterocycles. The van der Waals surface area contributed by atoms with E-state index < -0.39 is 41.6 Å². The van der Waals surface area contributed by atoms with Crippen LogP contribution in [-0.4, -0.2) is 76.2 Å². The lowest BCUT2D eigenvalue weighted by molar-refractivity contribution is -0.155. The number of amides is 2. The third-order valence-electron chi connectivity index (χ3n) is 8.06. The molecule has 3 fully saturated rings. The van der Waals surface area contributed by atoms with E-state index in [9.17, 15) is 19.5 Å². The van der Waals surface area contributed by atoms with Crippen LogP contribution < -0.4 is 4.90 Å². The van der Waals surface area contributed by atoms with Crippen LogP contribution in [0.2, 0.25) is 0 Å². The fourth-order valence-corrected chi connectivity index (χ4v) is 7.42. The highest BCUT2D eigenvalue weighted by Crippen LogP contribution is 2.60. The normalized spacial score (nSPS) is 30.2. The summed E-state index contributed by atoms with van der Waals surface area (Å²) in [4.78, 5) is 44.8. The second-order valence-electron chi connectivity index (χ2n) is 10.5. The zero-order valence-corrected chi connectivity index (χ0v) is 23.9. The van der Waals surface area contributed by atoms with Crippen molar-refractivity contribution in [2.75, 3.05) is 24.7 Å². The van der Waals surface area contributed by atoms with E-state index in [1.807, 2.05) is 32.0 Å². The van der Waals surface area contributed by atoms with Crippen molar-refractivity contribution in [3.05, 3.63) is 54.6 Å². The summed E-state index contributed by atoms with van der Waals surface area (Å²) in [7, 11) is 0. The first kappa shape index (κ1) is 28.5. The maximum atomic E-state index is 14.6. The molecule has 7 atom stereocenters. The van der Waals surface area contributed by atoms with Gasteiger partial charge in [0.05, 0.1) is 37.2 Å². The molecule has 4 rings (SSSR count). The number of aryl methyl sites for hydroxylation is 2. The molecule has 3 aliphatic rings. The van der Waals surface area contributed by atoms with Gasteiger partial charge in [0.25, 0.3) is 5.91 Å². The van der Waals surface area contributed by atoms with Crippen LogP contribution >= 0.6 is 15.9 Å². The number of alkyl halides is 1. The van der Waals surface area contributed by atoms with Crippen molar-refractivity contribution in [2.45, 2.75) is 68.6 Å². The van der Waals surface area contributed by atoms with Crippen molar-refractivity contribution in [3.8, 4) is 0 Å². The van der Waals surface area contributed by atoms with Crippen molar-refractivity contribution in [1.82, 2.24) is 4.90 Å². The zero-order chi connectivity index (χ0) is 27.8. The number of halogens is 1. The Morgan fingerprint density at radius 2 is 2.00 bits per heavy atom. The third-order valence-corrected chi connectivity index (χ3v) is 8.90. The molecule has 0 aliphatic carbocycles. The van der Waals surface area contributed by atoms with Crippen LogP contribution in [-0.2, 0) is 23.9 Å². The predicted octanol–water partition coefficient (Wildman–Crippen LogP) is 3.46. The van der Waals surface area contributed by atoms with Crippen molar-refractivity contribution >= 4 is 39.4 Å². The molecule has 3 aliphatic heterocycles. The Labute approximate surface area is 232 Å². The van der Waals surface area contributed by atoms with E-state index in [4.69, 9.17) is 9.47 Å². The largest absolute Gasteiger partial charge is 0.465 e. The Hall–Kier alpha value is -2.49. The Bertz CT molecular complexity index is 1100. The number of carbonyl (C=O) groups excluding carboxylic acids is 3. The molecular weight excluding hydrogens is 552 g/mol. The van der Waals surface area contributed by atoms with Gasteiger partial charge >= 0.3 is 5.97 Å². The Morgan fingerprint density at radius 3 is 2.61 bits per heavy atom. The Morgan fingerprint density at radius 1 is 1.32 bits per heavy atom. The number of fused-ring (bicyclic) bond motifs is 1. The molecule has 8 nitrogen and oxygen atoms in total. The van der Waals surface area contributed by atoms with Gasteiger partial charge in [-0.1, -0.05) is 46.3 Å². The average Bonchev–Trinajstić information content (AvgIpc) is 3.48. The number of anilines is 1. The second kappa shape index (κ2) is 11.3. The average molecular weight is 590 g/mol. The Kier molecular flexibility index (Phi) is 8.49. The quantitative estimate of drug-likeness (QED) is 0.184. The van der Waals surface area contributed by atoms with Gasteiger partial charge in [0.2, 0.25) is 5.91 Å². The van der Waals surface area contributed by atoms with E-state index >= 15 is 0 Å². The number of allylic oxidation sites excluding steroid dienone is 1. The molecule has 38 heavy (non-hydrogen) atoms. The van der Waals surface area contributed by atoms with E-state index in [0.717, 1.165) is 16.8 Å². The van der Waals surface area contributed by atoms with Gasteiger partial charge < -0.3 is 24.4 Å². The lowest BCUT2D eigenvalue weighted by atomic mass is 9.70. The van der Waals surface area contributed by atoms with Gasteiger partial charge in [-0.25, -0.2) is 0 Å². The van der Waals surface area contributed by atoms with E-state index in [2.05, 4.69) is 29.1 Å². The summed E-state index contributed by atoms with van der Waals surface area (Å²) >= 11 is 3.67. The highest BCUT2D eigenvalue weighted by molar-refractivity contribution is 9.09. The number of aliphatic hydroxyl groups is 1. The highest BCUT2D eigenvalue weighted by atomic mass is 79.9. The fraction of sp³-hybridized carbons (Fsp3) is 0.552. The maximum Gasteiger partial charge on any atom is 0.312 e. The molecule has 2 amide bonds. The van der Waals surface area contributed by atoms with E-state index in [1.54, 1.807) is 24.0 Å². The molecule has 206 valence electrons. The highest BCUT2D eigenvalue weighted by Gasteiger charge is 2.77. The molecular formula is C29H37BrN2O6. The van der Waals surface area contributed by atoms with Crippen molar-refractivity contribution in [1.29, 1.82) is 0 Å². The lowest BCUT2D eigenvalue weighted by Gasteiger charge is -2.39. The minimum atomic E-state index is -1.22. The molecule has 0 radical (unpaired) electrons. The molecule has 1 aromatic rings. The van der Waals surface area contributed by atoms with Gasteiger partial charge in [-0.05, 0) is 51.2 Å². The zero-order valence-electron chi connectivity index (χ0n) is 22.3. The number of ether oxygens (including phenoxy) is 2. The maximum absolute atomic E-state index is 14.6. The van der Waals surface area contributed by atoms with Crippen LogP contribution in [0.25, 0.3) is 0 Å². The monoisotopic (exact) mass is 588 g/mol. The first-order valence-electron chi connectivity index (χ1n) is 13.2. The number of aliphatic hydroxyl groups excluding tert-OH is 1. The van der Waals surface area contributed by atoms with Gasteiger partial charge in [0, 0.05) is 17.1 Å². The summed E-state index contributed by atoms with van der Waals surface area (Å²) in [6.07, 6.45) is 4.55. The number of esters is 1. The molecule has 3 unspecified atom stereocenters. The summed E-state index contributed by atoms with van der Waals surface area (Å²) in [5.74, 6) is -2.90. The number of unbranched alkanes of at least 4 members (excludes halogenated alkanes) is 1. The number of para-hydroxylation sites is 1. The summed E-state index contributed by atoms with van der Waals surface area (Å²) < 4.78 is 12.1. The number of rotatable bonds is 11. The van der Waals surface area contributed by atoms with Gasteiger partial charge in [-0.3, -0.25) is 14.4 Å². The van der Waals surface area contributed by atoms with Crippen molar-refractivity contribution in [2.24, 2.45) is 11.8 Å². The number of hydrogen-bond acceptors (Lipinski definition) is 6. The molecule has 9 heteroatoms. The van der Waals surface area contributed by atoms with Crippen LogP contribution in [0.4, 0.5) is 5.69 Å². The number of benzene rings is 1. The third kappa shape index (κ3) is 4.52. The molecule has 0 saturated carbocycles. The topological polar surface area (TPSA) is 96.4 Å². The van der Waals surface area contributed by atoms with Gasteiger partial charge in [-0.15, -0.1) is 13.2 Å². The first-order chi connectivity index (χ1) is 18.1. The minimum Gasteiger partial charge on any atom is -0.465 e. The number of likely N-dealkylation sites (tertiary alicyclic amines) is 1. The molecule has 1 spiro atoms. The van der Waals surface area contributed by atoms with Gasteiger partial charge in [-0.2, -0.15) is 0 Å². The summed E-state index contributed by atoms with van der Waals surface area (Å²) in [6, 6.07) is 4.13. The number of hydrogen-bond donors (Lipinski definition) is 1. The van der Waals surface area contributed by atoms with E-state index in [-0.39, 0.29) is 36.4 Å². The van der Waals surface area contributed by atoms with Gasteiger partial charge in [0.1, 0.15) is 11.6 Å². The fourth-order valence-electron chi connectivity index (χ4n) is 6.47. The summed E-state index contributed by atoms with van der Waals surface area (Å²) in [5, 5.41) is 10.1. The molecule has 0 aromatic heterocycles. The van der Waals surface area contributed by atoms with Crippen molar-refractivity contribution < 1.29 is 29.0 Å².